The van der Waals surface area contributed by atoms with E-state index in [2.05, 4.69) is 31.2 Å². The Bertz CT molecular complexity index is 371. The van der Waals surface area contributed by atoms with Crippen LogP contribution in [0.4, 0.5) is 0 Å². The van der Waals surface area contributed by atoms with E-state index in [0.717, 1.165) is 12.2 Å². The molecule has 1 nitrogen and oxygen atoms in total. The molecule has 0 N–H and O–H groups in total. The Hall–Kier alpha value is -1.50. The number of rotatable bonds is 6. The molecule has 0 spiro atoms. The Morgan fingerprint density at radius 2 is 1.88 bits per heavy atom. The van der Waals surface area contributed by atoms with Crippen molar-refractivity contribution in [3.05, 3.63) is 53.6 Å². The average Bonchev–Trinajstić information content (AvgIpc) is 2.36. The molecular formula is C16H22O. The van der Waals surface area contributed by atoms with Gasteiger partial charge in [0.25, 0.3) is 0 Å². The van der Waals surface area contributed by atoms with Crippen molar-refractivity contribution in [2.75, 3.05) is 6.61 Å². The number of allylic oxidation sites excluding steroid dienone is 2. The monoisotopic (exact) mass is 230 g/mol. The van der Waals surface area contributed by atoms with E-state index in [0.29, 0.717) is 6.61 Å². The van der Waals surface area contributed by atoms with Gasteiger partial charge in [-0.2, -0.15) is 0 Å². The maximum atomic E-state index is 5.73. The largest absolute Gasteiger partial charge is 0.489 e. The highest BCUT2D eigenvalue weighted by Gasteiger charge is 1.96. The Labute approximate surface area is 105 Å². The zero-order valence-corrected chi connectivity index (χ0v) is 11.1. The fourth-order valence-corrected chi connectivity index (χ4v) is 1.65. The van der Waals surface area contributed by atoms with E-state index in [1.54, 1.807) is 0 Å². The molecule has 0 unspecified atom stereocenters. The third-order valence-electron chi connectivity index (χ3n) is 2.62. The predicted octanol–water partition coefficient (Wildman–Crippen LogP) is 4.54. The smallest absolute Gasteiger partial charge is 0.119 e. The molecule has 0 aliphatic carbocycles. The van der Waals surface area contributed by atoms with E-state index < -0.39 is 0 Å². The van der Waals surface area contributed by atoms with Crippen molar-refractivity contribution in [1.29, 1.82) is 0 Å². The lowest BCUT2D eigenvalue weighted by atomic mass is 10.1. The molecule has 0 heterocycles. The first kappa shape index (κ1) is 13.6. The summed E-state index contributed by atoms with van der Waals surface area (Å²) in [5.41, 5.74) is 2.57. The van der Waals surface area contributed by atoms with Crippen LogP contribution in [0.15, 0.2) is 48.1 Å². The van der Waals surface area contributed by atoms with E-state index in [9.17, 15) is 0 Å². The number of aryl methyl sites for hydroxylation is 1. The van der Waals surface area contributed by atoms with Crippen molar-refractivity contribution in [2.24, 2.45) is 0 Å². The molecule has 0 radical (unpaired) electrons. The van der Waals surface area contributed by atoms with Crippen LogP contribution in [0.1, 0.15) is 32.8 Å². The lowest BCUT2D eigenvalue weighted by Crippen LogP contribution is -1.99. The van der Waals surface area contributed by atoms with Crippen molar-refractivity contribution >= 4 is 0 Å². The second kappa shape index (κ2) is 7.72. The van der Waals surface area contributed by atoms with Crippen LogP contribution in [0.5, 0.6) is 5.75 Å². The minimum absolute atomic E-state index is 0.633. The van der Waals surface area contributed by atoms with Gasteiger partial charge in [0.1, 0.15) is 12.4 Å². The van der Waals surface area contributed by atoms with Crippen molar-refractivity contribution in [2.45, 2.75) is 33.6 Å². The van der Waals surface area contributed by atoms with E-state index >= 15 is 0 Å². The average molecular weight is 230 g/mol. The van der Waals surface area contributed by atoms with Crippen LogP contribution in [0.3, 0.4) is 0 Å². The maximum absolute atomic E-state index is 5.73. The molecule has 0 aliphatic heterocycles. The Balaban J connectivity index is 2.52. The summed E-state index contributed by atoms with van der Waals surface area (Å²) in [5, 5.41) is 0. The third kappa shape index (κ3) is 4.90. The summed E-state index contributed by atoms with van der Waals surface area (Å²) >= 11 is 0. The number of hydrogen-bond acceptors (Lipinski definition) is 1. The molecule has 0 fully saturated rings. The first-order chi connectivity index (χ1) is 8.30. The molecule has 17 heavy (non-hydrogen) atoms. The number of benzene rings is 1. The summed E-state index contributed by atoms with van der Waals surface area (Å²) in [6, 6.07) is 8.38. The quantitative estimate of drug-likeness (QED) is 0.652. The summed E-state index contributed by atoms with van der Waals surface area (Å²) in [6.45, 7) is 6.87. The molecule has 1 aromatic carbocycles. The maximum Gasteiger partial charge on any atom is 0.119 e. The van der Waals surface area contributed by atoms with E-state index in [4.69, 9.17) is 4.74 Å². The van der Waals surface area contributed by atoms with Gasteiger partial charge in [0.05, 0.1) is 0 Å². The highest BCUT2D eigenvalue weighted by Crippen LogP contribution is 2.14. The molecule has 0 aromatic heterocycles. The van der Waals surface area contributed by atoms with Crippen LogP contribution in [-0.4, -0.2) is 6.61 Å². The fraction of sp³-hybridized carbons (Fsp3) is 0.375. The molecule has 0 saturated carbocycles. The predicted molar refractivity (Wildman–Crippen MR) is 74.5 cm³/mol. The lowest BCUT2D eigenvalue weighted by Gasteiger charge is -2.07. The Morgan fingerprint density at radius 1 is 1.18 bits per heavy atom. The van der Waals surface area contributed by atoms with E-state index in [1.807, 2.05) is 32.1 Å². The highest BCUT2D eigenvalue weighted by atomic mass is 16.5. The van der Waals surface area contributed by atoms with Crippen molar-refractivity contribution in [3.63, 3.8) is 0 Å². The molecule has 0 saturated heterocycles. The minimum Gasteiger partial charge on any atom is -0.489 e. The zero-order valence-electron chi connectivity index (χ0n) is 11.1. The van der Waals surface area contributed by atoms with Crippen LogP contribution in [0.25, 0.3) is 0 Å². The molecule has 0 atom stereocenters. The van der Waals surface area contributed by atoms with Crippen molar-refractivity contribution in [3.8, 4) is 5.75 Å². The van der Waals surface area contributed by atoms with Gasteiger partial charge in [-0.25, -0.2) is 0 Å². The number of ether oxygens (including phenoxy) is 1. The molecule has 0 aliphatic rings. The summed E-state index contributed by atoms with van der Waals surface area (Å²) in [6.07, 6.45) is 8.50. The van der Waals surface area contributed by atoms with Crippen LogP contribution in [0, 0.1) is 0 Å². The van der Waals surface area contributed by atoms with Gasteiger partial charge < -0.3 is 4.74 Å². The first-order valence-electron chi connectivity index (χ1n) is 6.29. The van der Waals surface area contributed by atoms with Crippen LogP contribution < -0.4 is 4.74 Å². The molecule has 92 valence electrons. The van der Waals surface area contributed by atoms with Gasteiger partial charge >= 0.3 is 0 Å². The third-order valence-corrected chi connectivity index (χ3v) is 2.62. The molecule has 1 rings (SSSR count). The van der Waals surface area contributed by atoms with Crippen LogP contribution in [-0.2, 0) is 6.42 Å². The number of hydrogen-bond donors (Lipinski definition) is 0. The Morgan fingerprint density at radius 3 is 2.41 bits per heavy atom. The second-order valence-corrected chi connectivity index (χ2v) is 4.05. The molecule has 0 bridgehead atoms. The second-order valence-electron chi connectivity index (χ2n) is 4.05. The SMILES string of the molecule is C/C=C\C(=C/C)COc1ccc(CCC)cc1. The minimum atomic E-state index is 0.633. The molecule has 1 heteroatoms. The van der Waals surface area contributed by atoms with Gasteiger partial charge in [-0.15, -0.1) is 0 Å². The molecular weight excluding hydrogens is 208 g/mol. The first-order valence-corrected chi connectivity index (χ1v) is 6.29. The van der Waals surface area contributed by atoms with Crippen LogP contribution >= 0.6 is 0 Å². The summed E-state index contributed by atoms with van der Waals surface area (Å²) in [4.78, 5) is 0. The van der Waals surface area contributed by atoms with E-state index in [-0.39, 0.29) is 0 Å². The van der Waals surface area contributed by atoms with Gasteiger partial charge in [0, 0.05) is 0 Å². The van der Waals surface area contributed by atoms with Gasteiger partial charge in [0.15, 0.2) is 0 Å². The van der Waals surface area contributed by atoms with Gasteiger partial charge in [-0.1, -0.05) is 43.7 Å². The summed E-state index contributed by atoms with van der Waals surface area (Å²) in [7, 11) is 0. The van der Waals surface area contributed by atoms with Crippen LogP contribution in [0.2, 0.25) is 0 Å². The normalized spacial score (nSPS) is 12.1. The van der Waals surface area contributed by atoms with Gasteiger partial charge in [-0.05, 0) is 43.5 Å². The standard InChI is InChI=1S/C16H22O/c1-4-7-14(6-3)13-17-16-11-9-15(8-5-2)10-12-16/h4,6-7,9-12H,5,8,13H2,1-3H3/b7-4-,14-6+. The van der Waals surface area contributed by atoms with Crippen molar-refractivity contribution < 1.29 is 4.74 Å². The topological polar surface area (TPSA) is 9.23 Å². The highest BCUT2D eigenvalue weighted by molar-refractivity contribution is 5.28. The van der Waals surface area contributed by atoms with Crippen molar-refractivity contribution in [1.82, 2.24) is 0 Å². The summed E-state index contributed by atoms with van der Waals surface area (Å²) in [5.74, 6) is 0.939. The molecule has 1 aromatic rings. The summed E-state index contributed by atoms with van der Waals surface area (Å²) < 4.78 is 5.73. The van der Waals surface area contributed by atoms with E-state index in [1.165, 1.54) is 17.6 Å². The molecule has 0 amide bonds. The van der Waals surface area contributed by atoms with Gasteiger partial charge in [0.2, 0.25) is 0 Å². The fourth-order valence-electron chi connectivity index (χ4n) is 1.65. The Kier molecular flexibility index (Phi) is 6.16. The lowest BCUT2D eigenvalue weighted by molar-refractivity contribution is 0.355. The van der Waals surface area contributed by atoms with Gasteiger partial charge in [-0.3, -0.25) is 0 Å². The zero-order chi connectivity index (χ0) is 12.5.